The highest BCUT2D eigenvalue weighted by Gasteiger charge is 2.14. The van der Waals surface area contributed by atoms with Gasteiger partial charge in [-0.3, -0.25) is 9.78 Å². The van der Waals surface area contributed by atoms with Gasteiger partial charge in [-0.25, -0.2) is 0 Å². The topological polar surface area (TPSA) is 46.9 Å². The fourth-order valence-corrected chi connectivity index (χ4v) is 2.61. The van der Waals surface area contributed by atoms with Gasteiger partial charge in [-0.2, -0.15) is 0 Å². The van der Waals surface area contributed by atoms with Crippen LogP contribution < -0.4 is 5.32 Å². The Labute approximate surface area is 123 Å². The lowest BCUT2D eigenvalue weighted by Crippen LogP contribution is -2.14. The van der Waals surface area contributed by atoms with Crippen LogP contribution >= 0.6 is 0 Å². The molecular formula is C17H17N3O. The van der Waals surface area contributed by atoms with E-state index in [0.29, 0.717) is 0 Å². The molecule has 0 saturated heterocycles. The number of aryl methyl sites for hydroxylation is 1. The van der Waals surface area contributed by atoms with Gasteiger partial charge >= 0.3 is 0 Å². The molecule has 0 saturated carbocycles. The van der Waals surface area contributed by atoms with E-state index in [1.807, 2.05) is 61.1 Å². The van der Waals surface area contributed by atoms with Gasteiger partial charge in [-0.1, -0.05) is 13.0 Å². The number of rotatable bonds is 3. The second kappa shape index (κ2) is 5.40. The fourth-order valence-electron chi connectivity index (χ4n) is 2.61. The summed E-state index contributed by atoms with van der Waals surface area (Å²) in [5.41, 5.74) is 3.42. The van der Waals surface area contributed by atoms with Crippen molar-refractivity contribution in [1.29, 1.82) is 0 Å². The number of amides is 1. The average molecular weight is 279 g/mol. The molecule has 0 aliphatic carbocycles. The number of benzene rings is 1. The molecule has 0 radical (unpaired) electrons. The molecule has 0 aliphatic rings. The Hall–Kier alpha value is -2.62. The van der Waals surface area contributed by atoms with Crippen molar-refractivity contribution in [3.05, 3.63) is 60.0 Å². The number of hydrogen-bond donors (Lipinski definition) is 1. The van der Waals surface area contributed by atoms with Gasteiger partial charge in [-0.15, -0.1) is 0 Å². The summed E-state index contributed by atoms with van der Waals surface area (Å²) in [4.78, 5) is 16.8. The lowest BCUT2D eigenvalue weighted by Gasteiger charge is -2.09. The van der Waals surface area contributed by atoms with Gasteiger partial charge in [0.1, 0.15) is 0 Å². The summed E-state index contributed by atoms with van der Waals surface area (Å²) in [6.45, 7) is 2.05. The Morgan fingerprint density at radius 2 is 2.10 bits per heavy atom. The summed E-state index contributed by atoms with van der Waals surface area (Å²) in [7, 11) is 1.96. The number of carbonyl (C=O) groups excluding carboxylic acids is 1. The average Bonchev–Trinajstić information content (AvgIpc) is 2.88. The zero-order valence-corrected chi connectivity index (χ0v) is 12.1. The lowest BCUT2D eigenvalue weighted by atomic mass is 10.1. The number of pyridine rings is 1. The van der Waals surface area contributed by atoms with E-state index in [1.54, 1.807) is 6.20 Å². The van der Waals surface area contributed by atoms with E-state index < -0.39 is 0 Å². The molecule has 0 fully saturated rings. The SMILES string of the molecule is CCc1c(C(=O)Nc2cccc3ncccc23)ccn1C. The minimum Gasteiger partial charge on any atom is -0.354 e. The zero-order valence-electron chi connectivity index (χ0n) is 12.1. The molecule has 2 heterocycles. The molecule has 3 rings (SSSR count). The molecule has 1 amide bonds. The second-order valence-corrected chi connectivity index (χ2v) is 4.97. The molecule has 0 atom stereocenters. The highest BCUT2D eigenvalue weighted by Crippen LogP contribution is 2.22. The molecule has 0 unspecified atom stereocenters. The molecule has 0 bridgehead atoms. The maximum absolute atomic E-state index is 12.5. The van der Waals surface area contributed by atoms with Gasteiger partial charge < -0.3 is 9.88 Å². The minimum atomic E-state index is -0.0798. The van der Waals surface area contributed by atoms with E-state index in [-0.39, 0.29) is 5.91 Å². The summed E-state index contributed by atoms with van der Waals surface area (Å²) in [5, 5.41) is 3.94. The van der Waals surface area contributed by atoms with Crippen LogP contribution in [0.2, 0.25) is 0 Å². The van der Waals surface area contributed by atoms with Crippen molar-refractivity contribution in [2.45, 2.75) is 13.3 Å². The highest BCUT2D eigenvalue weighted by molar-refractivity contribution is 6.09. The van der Waals surface area contributed by atoms with Gasteiger partial charge in [-0.05, 0) is 36.8 Å². The molecule has 4 nitrogen and oxygen atoms in total. The van der Waals surface area contributed by atoms with Crippen LogP contribution in [-0.2, 0) is 13.5 Å². The van der Waals surface area contributed by atoms with Crippen LogP contribution in [0, 0.1) is 0 Å². The Balaban J connectivity index is 1.97. The molecule has 1 N–H and O–H groups in total. The van der Waals surface area contributed by atoms with E-state index in [0.717, 1.165) is 34.3 Å². The Kier molecular flexibility index (Phi) is 3.44. The van der Waals surface area contributed by atoms with Gasteiger partial charge in [0.25, 0.3) is 5.91 Å². The number of hydrogen-bond acceptors (Lipinski definition) is 2. The van der Waals surface area contributed by atoms with Gasteiger partial charge in [0.2, 0.25) is 0 Å². The molecule has 0 spiro atoms. The standard InChI is InChI=1S/C17H17N3O/c1-3-16-13(9-11-20(16)2)17(21)19-15-8-4-7-14-12(15)6-5-10-18-14/h4-11H,3H2,1-2H3,(H,19,21). The van der Waals surface area contributed by atoms with E-state index in [9.17, 15) is 4.79 Å². The van der Waals surface area contributed by atoms with E-state index >= 15 is 0 Å². The molecule has 4 heteroatoms. The van der Waals surface area contributed by atoms with Crippen molar-refractivity contribution in [3.8, 4) is 0 Å². The van der Waals surface area contributed by atoms with Crippen LogP contribution in [0.4, 0.5) is 5.69 Å². The number of carbonyl (C=O) groups is 1. The normalized spacial score (nSPS) is 10.8. The van der Waals surface area contributed by atoms with Crippen molar-refractivity contribution in [1.82, 2.24) is 9.55 Å². The van der Waals surface area contributed by atoms with Crippen molar-refractivity contribution in [3.63, 3.8) is 0 Å². The molecular weight excluding hydrogens is 262 g/mol. The summed E-state index contributed by atoms with van der Waals surface area (Å²) in [6, 6.07) is 11.4. The Morgan fingerprint density at radius 3 is 2.90 bits per heavy atom. The third kappa shape index (κ3) is 2.40. The van der Waals surface area contributed by atoms with E-state index in [1.165, 1.54) is 0 Å². The maximum Gasteiger partial charge on any atom is 0.257 e. The van der Waals surface area contributed by atoms with Crippen LogP contribution in [-0.4, -0.2) is 15.5 Å². The smallest absolute Gasteiger partial charge is 0.257 e. The third-order valence-corrected chi connectivity index (χ3v) is 3.67. The second-order valence-electron chi connectivity index (χ2n) is 4.97. The lowest BCUT2D eigenvalue weighted by molar-refractivity contribution is 0.102. The molecule has 3 aromatic rings. The van der Waals surface area contributed by atoms with Crippen LogP contribution in [0.15, 0.2) is 48.8 Å². The minimum absolute atomic E-state index is 0.0798. The molecule has 106 valence electrons. The molecule has 2 aromatic heterocycles. The predicted octanol–water partition coefficient (Wildman–Crippen LogP) is 3.39. The highest BCUT2D eigenvalue weighted by atomic mass is 16.1. The van der Waals surface area contributed by atoms with Gasteiger partial charge in [0, 0.05) is 30.5 Å². The largest absolute Gasteiger partial charge is 0.354 e. The number of nitrogens with zero attached hydrogens (tertiary/aromatic N) is 2. The summed E-state index contributed by atoms with van der Waals surface area (Å²) >= 11 is 0. The fraction of sp³-hybridized carbons (Fsp3) is 0.176. The van der Waals surface area contributed by atoms with Crippen LogP contribution in [0.1, 0.15) is 23.0 Å². The first-order valence-corrected chi connectivity index (χ1v) is 7.00. The molecule has 0 aliphatic heterocycles. The monoisotopic (exact) mass is 279 g/mol. The maximum atomic E-state index is 12.5. The van der Waals surface area contributed by atoms with Crippen LogP contribution in [0.3, 0.4) is 0 Å². The molecule has 1 aromatic carbocycles. The number of nitrogens with one attached hydrogen (secondary N) is 1. The zero-order chi connectivity index (χ0) is 14.8. The van der Waals surface area contributed by atoms with Crippen LogP contribution in [0.5, 0.6) is 0 Å². The summed E-state index contributed by atoms with van der Waals surface area (Å²) in [5.74, 6) is -0.0798. The van der Waals surface area contributed by atoms with Crippen molar-refractivity contribution in [2.24, 2.45) is 7.05 Å². The summed E-state index contributed by atoms with van der Waals surface area (Å²) in [6.07, 6.45) is 4.49. The quantitative estimate of drug-likeness (QED) is 0.799. The van der Waals surface area contributed by atoms with E-state index in [4.69, 9.17) is 0 Å². The van der Waals surface area contributed by atoms with Gasteiger partial charge in [0.15, 0.2) is 0 Å². The first-order chi connectivity index (χ1) is 10.2. The summed E-state index contributed by atoms with van der Waals surface area (Å²) < 4.78 is 1.99. The number of anilines is 1. The number of fused-ring (bicyclic) bond motifs is 1. The Morgan fingerprint density at radius 1 is 1.24 bits per heavy atom. The third-order valence-electron chi connectivity index (χ3n) is 3.67. The van der Waals surface area contributed by atoms with Crippen molar-refractivity contribution < 1.29 is 4.79 Å². The first kappa shape index (κ1) is 13.4. The number of aromatic nitrogens is 2. The van der Waals surface area contributed by atoms with Gasteiger partial charge in [0.05, 0.1) is 16.8 Å². The van der Waals surface area contributed by atoms with E-state index in [2.05, 4.69) is 10.3 Å². The molecule has 21 heavy (non-hydrogen) atoms. The van der Waals surface area contributed by atoms with Crippen LogP contribution in [0.25, 0.3) is 10.9 Å². The van der Waals surface area contributed by atoms with Crippen molar-refractivity contribution >= 4 is 22.5 Å². The van der Waals surface area contributed by atoms with Crippen molar-refractivity contribution in [2.75, 3.05) is 5.32 Å². The first-order valence-electron chi connectivity index (χ1n) is 7.00. The Bertz CT molecular complexity index is 799. The predicted molar refractivity (Wildman–Crippen MR) is 84.5 cm³/mol.